The highest BCUT2D eigenvalue weighted by atomic mass is 16.4. The van der Waals surface area contributed by atoms with Crippen molar-refractivity contribution in [1.82, 2.24) is 0 Å². The van der Waals surface area contributed by atoms with Crippen LogP contribution < -0.4 is 5.11 Å². The van der Waals surface area contributed by atoms with Gasteiger partial charge in [0.25, 0.3) is 0 Å². The van der Waals surface area contributed by atoms with Crippen molar-refractivity contribution in [2.24, 2.45) is 0 Å². The topological polar surface area (TPSA) is 57.2 Å². The molecule has 0 atom stereocenters. The Morgan fingerprint density at radius 1 is 1.56 bits per heavy atom. The zero-order chi connectivity index (χ0) is 7.28. The van der Waals surface area contributed by atoms with Crippen molar-refractivity contribution in [3.05, 3.63) is 12.2 Å². The van der Waals surface area contributed by atoms with E-state index in [1.807, 2.05) is 0 Å². The Hall–Kier alpha value is -1.12. The van der Waals surface area contributed by atoms with Crippen LogP contribution in [0.2, 0.25) is 0 Å². The molecule has 3 heteroatoms. The van der Waals surface area contributed by atoms with Crippen LogP contribution in [0.3, 0.4) is 0 Å². The summed E-state index contributed by atoms with van der Waals surface area (Å²) in [6.07, 6.45) is 3.12. The summed E-state index contributed by atoms with van der Waals surface area (Å²) in [6, 6.07) is 0. The van der Waals surface area contributed by atoms with Gasteiger partial charge >= 0.3 is 0 Å². The molecule has 0 heterocycles. The van der Waals surface area contributed by atoms with Gasteiger partial charge in [-0.3, -0.25) is 4.79 Å². The Morgan fingerprint density at radius 2 is 2.11 bits per heavy atom. The summed E-state index contributed by atoms with van der Waals surface area (Å²) in [5.74, 6) is -2.63. The zero-order valence-electron chi connectivity index (χ0n) is 5.09. The minimum Gasteiger partial charge on any atom is -0.541 e. The van der Waals surface area contributed by atoms with Crippen molar-refractivity contribution < 1.29 is 14.7 Å². The molecule has 0 unspecified atom stereocenters. The van der Waals surface area contributed by atoms with E-state index >= 15 is 0 Å². The molecule has 0 amide bonds. The Morgan fingerprint density at radius 3 is 2.44 bits per heavy atom. The van der Waals surface area contributed by atoms with E-state index in [1.54, 1.807) is 6.92 Å². The minimum absolute atomic E-state index is 0.652. The third kappa shape index (κ3) is 3.46. The standard InChI is InChI=1S/C6H8O3/c1-2-3-4-5(7)6(8)9/h3-4H,2H2,1H3,(H,8,9)/p-1/b4-3+. The van der Waals surface area contributed by atoms with Crippen LogP contribution in [0.25, 0.3) is 0 Å². The van der Waals surface area contributed by atoms with Gasteiger partial charge in [0.05, 0.1) is 0 Å². The minimum atomic E-state index is -1.65. The number of hydrogen-bond acceptors (Lipinski definition) is 3. The number of carboxylic acid groups (broad SMARTS) is 1. The van der Waals surface area contributed by atoms with E-state index in [9.17, 15) is 14.7 Å². The van der Waals surface area contributed by atoms with Gasteiger partial charge in [-0.2, -0.15) is 0 Å². The molecule has 9 heavy (non-hydrogen) atoms. The molecule has 0 aliphatic heterocycles. The van der Waals surface area contributed by atoms with E-state index in [2.05, 4.69) is 0 Å². The van der Waals surface area contributed by atoms with Crippen molar-refractivity contribution in [3.8, 4) is 0 Å². The fourth-order valence-electron chi connectivity index (χ4n) is 0.293. The first-order chi connectivity index (χ1) is 4.18. The molecule has 50 valence electrons. The van der Waals surface area contributed by atoms with Gasteiger partial charge in [-0.1, -0.05) is 13.0 Å². The third-order valence-electron chi connectivity index (χ3n) is 0.706. The van der Waals surface area contributed by atoms with Gasteiger partial charge in [-0.15, -0.1) is 0 Å². The number of allylic oxidation sites excluding steroid dienone is 1. The summed E-state index contributed by atoms with van der Waals surface area (Å²) < 4.78 is 0. The highest BCUT2D eigenvalue weighted by Crippen LogP contribution is 1.79. The smallest absolute Gasteiger partial charge is 0.200 e. The average Bonchev–Trinajstić information content (AvgIpc) is 1.82. The van der Waals surface area contributed by atoms with E-state index < -0.39 is 11.8 Å². The Balaban J connectivity index is 3.77. The van der Waals surface area contributed by atoms with Gasteiger partial charge in [0, 0.05) is 0 Å². The summed E-state index contributed by atoms with van der Waals surface area (Å²) >= 11 is 0. The molecule has 0 aromatic carbocycles. The maximum absolute atomic E-state index is 10.2. The van der Waals surface area contributed by atoms with Crippen LogP contribution in [-0.2, 0) is 9.59 Å². The predicted molar refractivity (Wildman–Crippen MR) is 29.4 cm³/mol. The van der Waals surface area contributed by atoms with E-state index in [4.69, 9.17) is 0 Å². The lowest BCUT2D eigenvalue weighted by Crippen LogP contribution is -2.29. The number of rotatable bonds is 3. The Bertz CT molecular complexity index is 146. The van der Waals surface area contributed by atoms with Crippen molar-refractivity contribution >= 4 is 11.8 Å². The van der Waals surface area contributed by atoms with Crippen molar-refractivity contribution in [2.45, 2.75) is 13.3 Å². The van der Waals surface area contributed by atoms with Gasteiger partial charge in [-0.05, 0) is 12.5 Å². The molecule has 3 nitrogen and oxygen atoms in total. The first-order valence-corrected chi connectivity index (χ1v) is 2.60. The number of hydrogen-bond donors (Lipinski definition) is 0. The number of carboxylic acids is 1. The lowest BCUT2D eigenvalue weighted by Gasteiger charge is -1.90. The van der Waals surface area contributed by atoms with Crippen LogP contribution >= 0.6 is 0 Å². The SMILES string of the molecule is CC/C=C/C(=O)C(=O)[O-]. The third-order valence-corrected chi connectivity index (χ3v) is 0.706. The van der Waals surface area contributed by atoms with Gasteiger partial charge in [-0.25, -0.2) is 0 Å². The van der Waals surface area contributed by atoms with Crippen molar-refractivity contribution in [2.75, 3.05) is 0 Å². The molecule has 0 bridgehead atoms. The predicted octanol–water partition coefficient (Wildman–Crippen LogP) is -0.728. The summed E-state index contributed by atoms with van der Waals surface area (Å²) in [5.41, 5.74) is 0. The second-order valence-electron chi connectivity index (χ2n) is 1.46. The molecule has 0 radical (unpaired) electrons. The maximum Gasteiger partial charge on any atom is 0.200 e. The molecular formula is C6H7O3-. The molecular weight excluding hydrogens is 120 g/mol. The number of carbonyl (C=O) groups excluding carboxylic acids is 2. The highest BCUT2D eigenvalue weighted by Gasteiger charge is 1.92. The second-order valence-corrected chi connectivity index (χ2v) is 1.46. The summed E-state index contributed by atoms with van der Waals surface area (Å²) in [4.78, 5) is 19.8. The number of ketones is 1. The van der Waals surface area contributed by atoms with Crippen LogP contribution in [0.1, 0.15) is 13.3 Å². The zero-order valence-corrected chi connectivity index (χ0v) is 5.09. The molecule has 0 aliphatic rings. The van der Waals surface area contributed by atoms with Gasteiger partial charge < -0.3 is 9.90 Å². The van der Waals surface area contributed by atoms with Crippen LogP contribution in [-0.4, -0.2) is 11.8 Å². The van der Waals surface area contributed by atoms with Gasteiger partial charge in [0.2, 0.25) is 5.78 Å². The molecule has 0 aromatic heterocycles. The van der Waals surface area contributed by atoms with E-state index in [0.717, 1.165) is 6.08 Å². The van der Waals surface area contributed by atoms with Crippen LogP contribution in [0, 0.1) is 0 Å². The number of aliphatic carboxylic acids is 1. The van der Waals surface area contributed by atoms with Crippen molar-refractivity contribution in [1.29, 1.82) is 0 Å². The van der Waals surface area contributed by atoms with Crippen LogP contribution in [0.4, 0.5) is 0 Å². The van der Waals surface area contributed by atoms with Gasteiger partial charge in [0.15, 0.2) is 0 Å². The molecule has 0 N–H and O–H groups in total. The lowest BCUT2D eigenvalue weighted by atomic mass is 10.3. The molecule has 0 rings (SSSR count). The quantitative estimate of drug-likeness (QED) is 0.371. The fourth-order valence-corrected chi connectivity index (χ4v) is 0.293. The lowest BCUT2D eigenvalue weighted by molar-refractivity contribution is -0.299. The molecule has 0 spiro atoms. The second kappa shape index (κ2) is 3.83. The van der Waals surface area contributed by atoms with Crippen molar-refractivity contribution in [3.63, 3.8) is 0 Å². The molecule has 0 aromatic rings. The monoisotopic (exact) mass is 127 g/mol. The Kier molecular flexibility index (Phi) is 3.35. The summed E-state index contributed by atoms with van der Waals surface area (Å²) in [7, 11) is 0. The first-order valence-electron chi connectivity index (χ1n) is 2.60. The summed E-state index contributed by atoms with van der Waals surface area (Å²) in [5, 5.41) is 9.69. The van der Waals surface area contributed by atoms with Crippen LogP contribution in [0.5, 0.6) is 0 Å². The number of carbonyl (C=O) groups is 2. The molecule has 0 saturated heterocycles. The first kappa shape index (κ1) is 7.88. The molecule has 0 aliphatic carbocycles. The Labute approximate surface area is 53.0 Å². The largest absolute Gasteiger partial charge is 0.541 e. The average molecular weight is 127 g/mol. The van der Waals surface area contributed by atoms with Crippen LogP contribution in [0.15, 0.2) is 12.2 Å². The van der Waals surface area contributed by atoms with Gasteiger partial charge in [0.1, 0.15) is 5.97 Å². The highest BCUT2D eigenvalue weighted by molar-refractivity contribution is 6.36. The molecule has 0 saturated carbocycles. The fraction of sp³-hybridized carbons (Fsp3) is 0.333. The van der Waals surface area contributed by atoms with E-state index in [-0.39, 0.29) is 0 Å². The molecule has 0 fully saturated rings. The normalized spacial score (nSPS) is 9.89. The maximum atomic E-state index is 10.2. The summed E-state index contributed by atoms with van der Waals surface area (Å²) in [6.45, 7) is 1.80. The van der Waals surface area contributed by atoms with E-state index in [1.165, 1.54) is 6.08 Å². The van der Waals surface area contributed by atoms with E-state index in [0.29, 0.717) is 6.42 Å².